The first-order valence-corrected chi connectivity index (χ1v) is 5.66. The van der Waals surface area contributed by atoms with Crippen LogP contribution in [-0.4, -0.2) is 25.5 Å². The molecule has 0 bridgehead atoms. The van der Waals surface area contributed by atoms with Crippen molar-refractivity contribution >= 4 is 5.91 Å². The van der Waals surface area contributed by atoms with Crippen LogP contribution >= 0.6 is 0 Å². The lowest BCUT2D eigenvalue weighted by Crippen LogP contribution is -2.35. The topological polar surface area (TPSA) is 41.1 Å². The van der Waals surface area contributed by atoms with E-state index in [4.69, 9.17) is 0 Å². The van der Waals surface area contributed by atoms with E-state index in [1.54, 1.807) is 0 Å². The van der Waals surface area contributed by atoms with E-state index in [9.17, 15) is 4.79 Å². The number of piperidine rings is 1. The molecule has 1 aliphatic heterocycles. The predicted molar refractivity (Wildman–Crippen MR) is 58.1 cm³/mol. The van der Waals surface area contributed by atoms with E-state index in [1.165, 1.54) is 12.8 Å². The number of carbonyl (C=O) groups is 1. The summed E-state index contributed by atoms with van der Waals surface area (Å²) in [4.78, 5) is 11.5. The van der Waals surface area contributed by atoms with E-state index in [2.05, 4.69) is 24.5 Å². The van der Waals surface area contributed by atoms with Crippen molar-refractivity contribution in [2.24, 2.45) is 11.8 Å². The molecule has 0 aromatic rings. The normalized spacial score (nSPS) is 22.4. The molecule has 82 valence electrons. The molecule has 1 unspecified atom stereocenters. The van der Waals surface area contributed by atoms with Gasteiger partial charge in [-0.15, -0.1) is 0 Å². The summed E-state index contributed by atoms with van der Waals surface area (Å²) in [6.07, 6.45) is 3.10. The fraction of sp³-hybridized carbons (Fsp3) is 0.909. The van der Waals surface area contributed by atoms with E-state index in [1.807, 2.05) is 0 Å². The third-order valence-electron chi connectivity index (χ3n) is 2.58. The van der Waals surface area contributed by atoms with Crippen molar-refractivity contribution in [1.82, 2.24) is 10.6 Å². The Kier molecular flexibility index (Phi) is 4.94. The molecule has 0 saturated carbocycles. The maximum absolute atomic E-state index is 11.5. The van der Waals surface area contributed by atoms with Gasteiger partial charge in [-0.1, -0.05) is 13.8 Å². The van der Waals surface area contributed by atoms with Gasteiger partial charge in [-0.25, -0.2) is 0 Å². The number of amides is 1. The minimum atomic E-state index is 0.215. The quantitative estimate of drug-likeness (QED) is 0.711. The molecule has 1 saturated heterocycles. The maximum Gasteiger partial charge on any atom is 0.220 e. The van der Waals surface area contributed by atoms with Gasteiger partial charge in [-0.3, -0.25) is 4.79 Å². The lowest BCUT2D eigenvalue weighted by atomic mass is 9.96. The highest BCUT2D eigenvalue weighted by Crippen LogP contribution is 2.13. The molecule has 1 fully saturated rings. The van der Waals surface area contributed by atoms with Crippen LogP contribution in [0.2, 0.25) is 0 Å². The summed E-state index contributed by atoms with van der Waals surface area (Å²) in [6, 6.07) is 0. The fourth-order valence-corrected chi connectivity index (χ4v) is 1.75. The van der Waals surface area contributed by atoms with Crippen LogP contribution < -0.4 is 10.6 Å². The van der Waals surface area contributed by atoms with Gasteiger partial charge < -0.3 is 10.6 Å². The first-order valence-electron chi connectivity index (χ1n) is 5.66. The molecule has 3 nitrogen and oxygen atoms in total. The highest BCUT2D eigenvalue weighted by Gasteiger charge is 2.16. The zero-order valence-electron chi connectivity index (χ0n) is 9.31. The first kappa shape index (κ1) is 11.5. The highest BCUT2D eigenvalue weighted by molar-refractivity contribution is 5.76. The number of rotatable bonds is 4. The lowest BCUT2D eigenvalue weighted by molar-refractivity contribution is -0.122. The average Bonchev–Trinajstić information content (AvgIpc) is 2.16. The molecule has 1 atom stereocenters. The van der Waals surface area contributed by atoms with Crippen LogP contribution in [0.25, 0.3) is 0 Å². The highest BCUT2D eigenvalue weighted by atomic mass is 16.1. The fourth-order valence-electron chi connectivity index (χ4n) is 1.75. The first-order chi connectivity index (χ1) is 6.68. The zero-order chi connectivity index (χ0) is 10.4. The van der Waals surface area contributed by atoms with Crippen LogP contribution in [0, 0.1) is 11.8 Å². The summed E-state index contributed by atoms with van der Waals surface area (Å²) in [5.74, 6) is 1.31. The van der Waals surface area contributed by atoms with Crippen molar-refractivity contribution in [3.8, 4) is 0 Å². The van der Waals surface area contributed by atoms with E-state index in [-0.39, 0.29) is 5.91 Å². The van der Waals surface area contributed by atoms with Crippen molar-refractivity contribution in [3.63, 3.8) is 0 Å². The monoisotopic (exact) mass is 198 g/mol. The Labute approximate surface area is 86.6 Å². The molecule has 0 aromatic heterocycles. The van der Waals surface area contributed by atoms with E-state index in [0.717, 1.165) is 19.6 Å². The predicted octanol–water partition coefficient (Wildman–Crippen LogP) is 1.15. The third kappa shape index (κ3) is 4.61. The number of hydrogen-bond acceptors (Lipinski definition) is 2. The van der Waals surface area contributed by atoms with E-state index < -0.39 is 0 Å². The van der Waals surface area contributed by atoms with Gasteiger partial charge in [0.05, 0.1) is 0 Å². The van der Waals surface area contributed by atoms with Crippen LogP contribution in [0.1, 0.15) is 33.1 Å². The van der Waals surface area contributed by atoms with Crippen LogP contribution in [0.15, 0.2) is 0 Å². The van der Waals surface area contributed by atoms with Crippen LogP contribution in [-0.2, 0) is 4.79 Å². The van der Waals surface area contributed by atoms with E-state index in [0.29, 0.717) is 18.3 Å². The van der Waals surface area contributed by atoms with Crippen molar-refractivity contribution in [2.75, 3.05) is 19.6 Å². The van der Waals surface area contributed by atoms with Crippen molar-refractivity contribution in [2.45, 2.75) is 33.1 Å². The van der Waals surface area contributed by atoms with Crippen LogP contribution in [0.3, 0.4) is 0 Å². The molecule has 1 rings (SSSR count). The van der Waals surface area contributed by atoms with Gasteiger partial charge in [0.15, 0.2) is 0 Å². The van der Waals surface area contributed by atoms with E-state index >= 15 is 0 Å². The molecule has 0 spiro atoms. The molecular weight excluding hydrogens is 176 g/mol. The Bertz CT molecular complexity index is 174. The minimum absolute atomic E-state index is 0.215. The Balaban J connectivity index is 2.12. The SMILES string of the molecule is CC(C)CNC(=O)CC1CCCNC1. The molecule has 0 aliphatic carbocycles. The van der Waals surface area contributed by atoms with Crippen molar-refractivity contribution < 1.29 is 4.79 Å². The summed E-state index contributed by atoms with van der Waals surface area (Å²) < 4.78 is 0. The molecule has 3 heteroatoms. The van der Waals surface area contributed by atoms with Crippen LogP contribution in [0.4, 0.5) is 0 Å². The van der Waals surface area contributed by atoms with Gasteiger partial charge in [0.1, 0.15) is 0 Å². The summed E-state index contributed by atoms with van der Waals surface area (Å²) in [5.41, 5.74) is 0. The third-order valence-corrected chi connectivity index (χ3v) is 2.58. The second-order valence-corrected chi connectivity index (χ2v) is 4.61. The van der Waals surface area contributed by atoms with Gasteiger partial charge >= 0.3 is 0 Å². The van der Waals surface area contributed by atoms with Gasteiger partial charge in [0.2, 0.25) is 5.91 Å². The van der Waals surface area contributed by atoms with Gasteiger partial charge in [-0.05, 0) is 37.8 Å². The molecule has 14 heavy (non-hydrogen) atoms. The molecule has 0 radical (unpaired) electrons. The molecule has 1 heterocycles. The van der Waals surface area contributed by atoms with Gasteiger partial charge in [0.25, 0.3) is 0 Å². The van der Waals surface area contributed by atoms with Crippen molar-refractivity contribution in [1.29, 1.82) is 0 Å². The minimum Gasteiger partial charge on any atom is -0.356 e. The lowest BCUT2D eigenvalue weighted by Gasteiger charge is -2.22. The Morgan fingerprint density at radius 2 is 2.36 bits per heavy atom. The maximum atomic E-state index is 11.5. The summed E-state index contributed by atoms with van der Waals surface area (Å²) in [7, 11) is 0. The average molecular weight is 198 g/mol. The standard InChI is InChI=1S/C11H22N2O/c1-9(2)7-13-11(14)6-10-4-3-5-12-8-10/h9-10,12H,3-8H2,1-2H3,(H,13,14). The summed E-state index contributed by atoms with van der Waals surface area (Å²) in [5, 5.41) is 6.29. The number of carbonyl (C=O) groups excluding carboxylic acids is 1. The molecule has 2 N–H and O–H groups in total. The molecule has 0 aromatic carbocycles. The smallest absolute Gasteiger partial charge is 0.220 e. The Morgan fingerprint density at radius 3 is 2.93 bits per heavy atom. The van der Waals surface area contributed by atoms with Gasteiger partial charge in [-0.2, -0.15) is 0 Å². The number of nitrogens with one attached hydrogen (secondary N) is 2. The Morgan fingerprint density at radius 1 is 1.57 bits per heavy atom. The number of hydrogen-bond donors (Lipinski definition) is 2. The molecular formula is C11H22N2O. The second kappa shape index (κ2) is 6.02. The zero-order valence-corrected chi connectivity index (χ0v) is 9.31. The Hall–Kier alpha value is -0.570. The van der Waals surface area contributed by atoms with Gasteiger partial charge in [0, 0.05) is 13.0 Å². The molecule has 1 amide bonds. The summed E-state index contributed by atoms with van der Waals surface area (Å²) >= 11 is 0. The van der Waals surface area contributed by atoms with Crippen LogP contribution in [0.5, 0.6) is 0 Å². The second-order valence-electron chi connectivity index (χ2n) is 4.61. The summed E-state index contributed by atoms with van der Waals surface area (Å²) in [6.45, 7) is 7.16. The molecule has 1 aliphatic rings. The largest absolute Gasteiger partial charge is 0.356 e. The van der Waals surface area contributed by atoms with Crippen molar-refractivity contribution in [3.05, 3.63) is 0 Å².